The molecule has 1 aliphatic carbocycles. The van der Waals surface area contributed by atoms with E-state index in [2.05, 4.69) is 36.3 Å². The Bertz CT molecular complexity index is 1120. The summed E-state index contributed by atoms with van der Waals surface area (Å²) in [7, 11) is 1.66. The summed E-state index contributed by atoms with van der Waals surface area (Å²) in [4.78, 5) is 20.5. The molecule has 1 amide bonds. The number of nitrogens with zero attached hydrogens (tertiary/aromatic N) is 3. The number of anilines is 1. The molecule has 1 aromatic carbocycles. The average molecular weight is 451 g/mol. The van der Waals surface area contributed by atoms with Gasteiger partial charge in [0.05, 0.1) is 24.5 Å². The largest absolute Gasteiger partial charge is 0.497 e. The number of fused-ring (bicyclic) bond motifs is 1. The molecule has 0 radical (unpaired) electrons. The zero-order chi connectivity index (χ0) is 22.5. The monoisotopic (exact) mass is 450 g/mol. The van der Waals surface area contributed by atoms with E-state index >= 15 is 0 Å². The van der Waals surface area contributed by atoms with Gasteiger partial charge in [0.25, 0.3) is 5.91 Å². The van der Waals surface area contributed by atoms with Crippen LogP contribution in [0.5, 0.6) is 5.75 Å². The highest BCUT2D eigenvalue weighted by Gasteiger charge is 2.47. The molecule has 5 rings (SSSR count). The number of ether oxygens (including phenoxy) is 1. The van der Waals surface area contributed by atoms with Crippen LogP contribution < -0.4 is 9.64 Å². The quantitative estimate of drug-likeness (QED) is 0.520. The highest BCUT2D eigenvalue weighted by molar-refractivity contribution is 7.14. The van der Waals surface area contributed by atoms with Gasteiger partial charge in [-0.2, -0.15) is 5.10 Å². The molecule has 1 aliphatic heterocycles. The zero-order valence-corrected chi connectivity index (χ0v) is 20.0. The van der Waals surface area contributed by atoms with Gasteiger partial charge < -0.3 is 4.74 Å². The number of carbonyl (C=O) groups is 1. The Morgan fingerprint density at radius 2 is 1.84 bits per heavy atom. The third-order valence-corrected chi connectivity index (χ3v) is 7.58. The first-order chi connectivity index (χ1) is 15.4. The number of methoxy groups -OCH3 is 1. The Balaban J connectivity index is 1.61. The number of thiazole rings is 1. The van der Waals surface area contributed by atoms with Gasteiger partial charge in [-0.1, -0.05) is 40.0 Å². The summed E-state index contributed by atoms with van der Waals surface area (Å²) < 4.78 is 5.32. The molecule has 32 heavy (non-hydrogen) atoms. The van der Waals surface area contributed by atoms with Crippen LogP contribution in [-0.2, 0) is 5.41 Å². The van der Waals surface area contributed by atoms with E-state index in [-0.39, 0.29) is 17.4 Å². The Morgan fingerprint density at radius 3 is 2.47 bits per heavy atom. The summed E-state index contributed by atoms with van der Waals surface area (Å²) in [5.41, 5.74) is 4.47. The van der Waals surface area contributed by atoms with E-state index in [4.69, 9.17) is 9.72 Å². The Kier molecular flexibility index (Phi) is 5.32. The van der Waals surface area contributed by atoms with Gasteiger partial charge in [-0.05, 0) is 43.0 Å². The van der Waals surface area contributed by atoms with E-state index < -0.39 is 0 Å². The van der Waals surface area contributed by atoms with Crippen molar-refractivity contribution < 1.29 is 9.53 Å². The van der Waals surface area contributed by atoms with Crippen molar-refractivity contribution in [2.75, 3.05) is 12.0 Å². The Morgan fingerprint density at radius 1 is 1.12 bits per heavy atom. The minimum atomic E-state index is -0.0536. The lowest BCUT2D eigenvalue weighted by Crippen LogP contribution is -2.34. The van der Waals surface area contributed by atoms with Crippen molar-refractivity contribution in [2.24, 2.45) is 5.92 Å². The van der Waals surface area contributed by atoms with Crippen molar-refractivity contribution in [3.63, 3.8) is 0 Å². The molecule has 7 heteroatoms. The smallest absolute Gasteiger partial charge is 0.279 e. The standard InChI is InChI=1S/C25H30N4O2S/c1-25(2,3)18-14-32-24(26-18)29-22(16-8-6-5-7-9-16)19-20(27-28-21(19)23(29)30)15-10-12-17(31-4)13-11-15/h10-14,16,22H,5-9H2,1-4H3,(H,27,28). The first kappa shape index (κ1) is 21.2. The molecule has 0 bridgehead atoms. The summed E-state index contributed by atoms with van der Waals surface area (Å²) in [6, 6.07) is 7.88. The van der Waals surface area contributed by atoms with Gasteiger partial charge >= 0.3 is 0 Å². The van der Waals surface area contributed by atoms with Crippen LogP contribution in [0.15, 0.2) is 29.6 Å². The molecule has 0 spiro atoms. The molecule has 2 aliphatic rings. The average Bonchev–Trinajstić information content (AvgIpc) is 3.50. The van der Waals surface area contributed by atoms with Crippen LogP contribution in [0.3, 0.4) is 0 Å². The first-order valence-corrected chi connectivity index (χ1v) is 12.3. The normalized spacial score (nSPS) is 19.4. The fourth-order valence-corrected chi connectivity index (χ4v) is 6.05. The number of benzene rings is 1. The van der Waals surface area contributed by atoms with Gasteiger partial charge in [-0.25, -0.2) is 4.98 Å². The summed E-state index contributed by atoms with van der Waals surface area (Å²) in [5, 5.41) is 10.6. The first-order valence-electron chi connectivity index (χ1n) is 11.4. The molecular formula is C25H30N4O2S. The van der Waals surface area contributed by atoms with Gasteiger partial charge in [0.15, 0.2) is 5.13 Å². The second-order valence-electron chi connectivity index (χ2n) is 9.87. The summed E-state index contributed by atoms with van der Waals surface area (Å²) in [6.07, 6.45) is 5.93. The number of hydrogen-bond acceptors (Lipinski definition) is 5. The number of rotatable bonds is 4. The molecule has 0 saturated heterocycles. The van der Waals surface area contributed by atoms with Gasteiger partial charge in [0, 0.05) is 21.9 Å². The maximum absolute atomic E-state index is 13.7. The number of aromatic amines is 1. The Hall–Kier alpha value is -2.67. The summed E-state index contributed by atoms with van der Waals surface area (Å²) in [5.74, 6) is 1.20. The predicted molar refractivity (Wildman–Crippen MR) is 128 cm³/mol. The van der Waals surface area contributed by atoms with Crippen molar-refractivity contribution in [3.05, 3.63) is 46.6 Å². The lowest BCUT2D eigenvalue weighted by molar-refractivity contribution is 0.0977. The third-order valence-electron chi connectivity index (χ3n) is 6.74. The van der Waals surface area contributed by atoms with Crippen molar-refractivity contribution in [3.8, 4) is 17.0 Å². The van der Waals surface area contributed by atoms with E-state index in [1.165, 1.54) is 19.3 Å². The molecule has 1 atom stereocenters. The van der Waals surface area contributed by atoms with E-state index in [1.807, 2.05) is 29.2 Å². The van der Waals surface area contributed by atoms with Gasteiger partial charge in [0.2, 0.25) is 0 Å². The molecule has 1 N–H and O–H groups in total. The van der Waals surface area contributed by atoms with Crippen molar-refractivity contribution in [1.82, 2.24) is 15.2 Å². The highest BCUT2D eigenvalue weighted by atomic mass is 32.1. The Labute approximate surface area is 193 Å². The number of hydrogen-bond donors (Lipinski definition) is 1. The van der Waals surface area contributed by atoms with E-state index in [0.29, 0.717) is 11.6 Å². The fourth-order valence-electron chi connectivity index (χ4n) is 4.97. The van der Waals surface area contributed by atoms with Crippen LogP contribution in [-0.4, -0.2) is 28.2 Å². The zero-order valence-electron chi connectivity index (χ0n) is 19.1. The molecule has 3 aromatic rings. The van der Waals surface area contributed by atoms with E-state index in [9.17, 15) is 4.79 Å². The molecule has 3 heterocycles. The maximum Gasteiger partial charge on any atom is 0.279 e. The van der Waals surface area contributed by atoms with Crippen LogP contribution in [0, 0.1) is 5.92 Å². The number of aromatic nitrogens is 3. The van der Waals surface area contributed by atoms with E-state index in [1.54, 1.807) is 18.4 Å². The van der Waals surface area contributed by atoms with Crippen LogP contribution in [0.2, 0.25) is 0 Å². The minimum absolute atomic E-state index is 0.0161. The molecule has 168 valence electrons. The van der Waals surface area contributed by atoms with Crippen molar-refractivity contribution in [2.45, 2.75) is 64.3 Å². The third kappa shape index (κ3) is 3.52. The highest BCUT2D eigenvalue weighted by Crippen LogP contribution is 2.49. The summed E-state index contributed by atoms with van der Waals surface area (Å²) in [6.45, 7) is 6.47. The second kappa shape index (κ2) is 8.03. The molecule has 1 fully saturated rings. The number of amides is 1. The number of carbonyl (C=O) groups excluding carboxylic acids is 1. The molecule has 1 saturated carbocycles. The molecular weight excluding hydrogens is 420 g/mol. The van der Waals surface area contributed by atoms with Crippen molar-refractivity contribution in [1.29, 1.82) is 0 Å². The molecule has 6 nitrogen and oxygen atoms in total. The number of nitrogens with one attached hydrogen (secondary N) is 1. The van der Waals surface area contributed by atoms with Crippen LogP contribution >= 0.6 is 11.3 Å². The van der Waals surface area contributed by atoms with E-state index in [0.717, 1.165) is 46.2 Å². The maximum atomic E-state index is 13.7. The SMILES string of the molecule is COc1ccc(-c2n[nH]c3c2C(C2CCCCC2)N(c2nc(C(C)(C)C)cs2)C3=O)cc1. The second-order valence-corrected chi connectivity index (χ2v) is 10.7. The minimum Gasteiger partial charge on any atom is -0.497 e. The lowest BCUT2D eigenvalue weighted by Gasteiger charge is -2.33. The van der Waals surface area contributed by atoms with Gasteiger partial charge in [-0.3, -0.25) is 14.8 Å². The van der Waals surface area contributed by atoms with Crippen LogP contribution in [0.25, 0.3) is 11.3 Å². The topological polar surface area (TPSA) is 71.1 Å². The summed E-state index contributed by atoms with van der Waals surface area (Å²) >= 11 is 1.57. The van der Waals surface area contributed by atoms with Gasteiger partial charge in [0.1, 0.15) is 11.4 Å². The predicted octanol–water partition coefficient (Wildman–Crippen LogP) is 6.12. The molecule has 1 unspecified atom stereocenters. The number of H-pyrrole nitrogens is 1. The van der Waals surface area contributed by atoms with Crippen molar-refractivity contribution >= 4 is 22.4 Å². The molecule has 2 aromatic heterocycles. The van der Waals surface area contributed by atoms with Crippen LogP contribution in [0.4, 0.5) is 5.13 Å². The van der Waals surface area contributed by atoms with Crippen LogP contribution in [0.1, 0.15) is 80.7 Å². The lowest BCUT2D eigenvalue weighted by atomic mass is 9.81. The fraction of sp³-hybridized carbons (Fsp3) is 0.480. The van der Waals surface area contributed by atoms with Gasteiger partial charge in [-0.15, -0.1) is 11.3 Å².